The number of hydrogen-bond donors (Lipinski definition) is 4. The molecule has 0 radical (unpaired) electrons. The summed E-state index contributed by atoms with van der Waals surface area (Å²) in [6.07, 6.45) is 7.53. The number of ether oxygens (including phenoxy) is 1. The molecule has 6 aliphatic rings. The number of fused-ring (bicyclic) bond motifs is 2. The van der Waals surface area contributed by atoms with Crippen LogP contribution in [0.2, 0.25) is 0 Å². The fourth-order valence-corrected chi connectivity index (χ4v) is 8.06. The third-order valence-electron chi connectivity index (χ3n) is 11.8. The van der Waals surface area contributed by atoms with Crippen molar-refractivity contribution in [1.82, 2.24) is 29.9 Å². The van der Waals surface area contributed by atoms with Gasteiger partial charge in [-0.1, -0.05) is 18.2 Å². The van der Waals surface area contributed by atoms with Crippen LogP contribution in [0.1, 0.15) is 54.2 Å². The number of anilines is 2. The van der Waals surface area contributed by atoms with Gasteiger partial charge in [-0.05, 0) is 81.1 Å². The van der Waals surface area contributed by atoms with Gasteiger partial charge in [-0.3, -0.25) is 29.0 Å². The van der Waals surface area contributed by atoms with Crippen LogP contribution in [0.3, 0.4) is 0 Å². The number of carbonyl (C=O) groups is 5. The van der Waals surface area contributed by atoms with E-state index in [1.807, 2.05) is 74.2 Å². The molecule has 3 amide bonds. The van der Waals surface area contributed by atoms with E-state index in [0.29, 0.717) is 47.4 Å². The van der Waals surface area contributed by atoms with Gasteiger partial charge in [0, 0.05) is 103 Å². The molecule has 3 fully saturated rings. The summed E-state index contributed by atoms with van der Waals surface area (Å²) in [4.78, 5) is 100. The van der Waals surface area contributed by atoms with E-state index in [9.17, 15) is 24.0 Å². The lowest BCUT2D eigenvalue weighted by atomic mass is 9.90. The van der Waals surface area contributed by atoms with Gasteiger partial charge in [-0.2, -0.15) is 0 Å². The summed E-state index contributed by atoms with van der Waals surface area (Å²) < 4.78 is 14.9. The number of carbonyl (C=O) groups excluding carboxylic acids is 5. The molecule has 3 saturated heterocycles. The number of allylic oxidation sites excluding steroid dienone is 1. The fraction of sp³-hybridized carbons (Fsp3) is 0.422. The van der Waals surface area contributed by atoms with Crippen molar-refractivity contribution >= 4 is 48.5 Å². The molecule has 340 valence electrons. The molecular weight excluding hydrogens is 844 g/mol. The molecule has 0 saturated carbocycles. The first-order valence-corrected chi connectivity index (χ1v) is 22.9. The zero-order valence-corrected chi connectivity index (χ0v) is 37.4. The summed E-state index contributed by atoms with van der Waals surface area (Å²) in [5.41, 5.74) is 5.13. The second kappa shape index (κ2) is 19.1. The van der Waals surface area contributed by atoms with Crippen LogP contribution < -0.4 is 19.9 Å². The van der Waals surface area contributed by atoms with Crippen LogP contribution in [-0.4, -0.2) is 148 Å². The van der Waals surface area contributed by atoms with E-state index >= 15 is 0 Å². The molecule has 4 N–H and O–H groups in total. The Morgan fingerprint density at radius 2 is 1.41 bits per heavy atom. The first-order chi connectivity index (χ1) is 30.4. The summed E-state index contributed by atoms with van der Waals surface area (Å²) in [7, 11) is -1.25. The summed E-state index contributed by atoms with van der Waals surface area (Å²) in [5, 5.41) is 3.64. The topological polar surface area (TPSA) is 216 Å². The van der Waals surface area contributed by atoms with Gasteiger partial charge < -0.3 is 54.1 Å². The highest BCUT2D eigenvalue weighted by Gasteiger charge is 2.45. The third kappa shape index (κ3) is 10.9. The Labute approximate surface area is 372 Å². The number of benzene rings is 2. The lowest BCUT2D eigenvalue weighted by molar-refractivity contribution is -0.137. The molecule has 1 unspecified atom stereocenters. The Morgan fingerprint density at radius 3 is 2.05 bits per heavy atom. The molecule has 64 heavy (non-hydrogen) atoms. The number of nitrogens with one attached hydrogen (secondary N) is 1. The predicted molar refractivity (Wildman–Crippen MR) is 237 cm³/mol. The highest BCUT2D eigenvalue weighted by Crippen LogP contribution is 2.40. The van der Waals surface area contributed by atoms with Crippen molar-refractivity contribution in [3.05, 3.63) is 107 Å². The number of rotatable bonds is 13. The van der Waals surface area contributed by atoms with Gasteiger partial charge >= 0.3 is 7.82 Å². The first kappa shape index (κ1) is 46.1. The van der Waals surface area contributed by atoms with E-state index in [2.05, 4.69) is 10.3 Å². The van der Waals surface area contributed by atoms with E-state index in [-0.39, 0.29) is 35.3 Å². The SMILES string of the molecule is CN1C(=O)C(C)(C)C(=O)N(C)c2cc(OCCCNC(CCN3CCc4ccccc4C3=O)c3ccncc3)ccc21.O=C1C=C(N2CC2)C(=O)C(N2CC2)=C1N1CC1.O=P(O)(O)O. The monoisotopic (exact) mass is 898 g/mol. The Kier molecular flexibility index (Phi) is 13.7. The van der Waals surface area contributed by atoms with Gasteiger partial charge in [0.2, 0.25) is 23.4 Å². The molecule has 0 spiro atoms. The van der Waals surface area contributed by atoms with Crippen molar-refractivity contribution < 1.29 is 48.0 Å². The first-order valence-electron chi connectivity index (χ1n) is 21.4. The summed E-state index contributed by atoms with van der Waals surface area (Å²) in [6.45, 7) is 11.3. The Bertz CT molecular complexity index is 2400. The third-order valence-corrected chi connectivity index (χ3v) is 11.8. The number of amides is 3. The highest BCUT2D eigenvalue weighted by molar-refractivity contribution is 7.45. The zero-order valence-electron chi connectivity index (χ0n) is 36.5. The maximum absolute atomic E-state index is 13.1. The second-order valence-electron chi connectivity index (χ2n) is 16.9. The van der Waals surface area contributed by atoms with Gasteiger partial charge in [0.1, 0.15) is 22.6 Å². The molecule has 19 heteroatoms. The molecule has 1 aliphatic carbocycles. The van der Waals surface area contributed by atoms with E-state index in [1.165, 1.54) is 11.0 Å². The quantitative estimate of drug-likeness (QED) is 0.0638. The van der Waals surface area contributed by atoms with Crippen molar-refractivity contribution in [3.8, 4) is 5.75 Å². The van der Waals surface area contributed by atoms with E-state index in [4.69, 9.17) is 24.0 Å². The number of aromatic nitrogens is 1. The zero-order chi connectivity index (χ0) is 45.9. The number of nitrogens with zero attached hydrogens (tertiary/aromatic N) is 7. The molecule has 1 aromatic heterocycles. The van der Waals surface area contributed by atoms with Gasteiger partial charge in [0.25, 0.3) is 5.91 Å². The normalized spacial score (nSPS) is 19.2. The molecule has 6 heterocycles. The molecule has 9 rings (SSSR count). The van der Waals surface area contributed by atoms with Crippen LogP contribution in [0.4, 0.5) is 11.4 Å². The number of ketones is 2. The van der Waals surface area contributed by atoms with Crippen LogP contribution in [0.15, 0.2) is 90.2 Å². The van der Waals surface area contributed by atoms with Crippen LogP contribution >= 0.6 is 7.82 Å². The van der Waals surface area contributed by atoms with Crippen LogP contribution in [0.25, 0.3) is 0 Å². The predicted octanol–water partition coefficient (Wildman–Crippen LogP) is 2.49. The lowest BCUT2D eigenvalue weighted by Gasteiger charge is -2.30. The average molecular weight is 899 g/mol. The van der Waals surface area contributed by atoms with Crippen LogP contribution in [0.5, 0.6) is 5.75 Å². The number of phosphoric acid groups is 1. The summed E-state index contributed by atoms with van der Waals surface area (Å²) in [6, 6.07) is 17.4. The maximum atomic E-state index is 13.1. The largest absolute Gasteiger partial charge is 0.493 e. The van der Waals surface area contributed by atoms with Gasteiger partial charge in [-0.25, -0.2) is 4.57 Å². The standard InChI is InChI=1S/C33H39N5O4.C12H13N3O2.H3O4P/c1-33(2)31(40)36(3)28-11-10-25(22-29(28)37(4)32(33)41)42-21-7-16-35-27(24-12-17-34-18-13-24)15-20-38-19-14-23-8-5-6-9-26(23)30(38)39;16-9-7-8(13-1-2-13)12(17)11(15-5-6-15)10(9)14-3-4-14;1-5(2,3)4/h5-6,8-13,17-18,22,27,35H,7,14-16,19-21H2,1-4H3;7H,1-6H2;(H3,1,2,3,4). The molecule has 0 bridgehead atoms. The molecule has 18 nitrogen and oxygen atoms in total. The minimum atomic E-state index is -4.64. The number of pyridine rings is 1. The molecular formula is C45H55N8O10P. The summed E-state index contributed by atoms with van der Waals surface area (Å²) >= 11 is 0. The van der Waals surface area contributed by atoms with Crippen LogP contribution in [-0.2, 0) is 30.2 Å². The van der Waals surface area contributed by atoms with Gasteiger partial charge in [0.15, 0.2) is 0 Å². The van der Waals surface area contributed by atoms with Crippen molar-refractivity contribution in [3.63, 3.8) is 0 Å². The van der Waals surface area contributed by atoms with Crippen molar-refractivity contribution in [1.29, 1.82) is 0 Å². The Morgan fingerprint density at radius 1 is 0.797 bits per heavy atom. The smallest absolute Gasteiger partial charge is 0.466 e. The molecule has 2 aromatic carbocycles. The maximum Gasteiger partial charge on any atom is 0.466 e. The minimum absolute atomic E-state index is 0.00546. The Hall–Kier alpha value is -5.91. The average Bonchev–Trinajstić information content (AvgIpc) is 4.10. The van der Waals surface area contributed by atoms with Gasteiger partial charge in [0.05, 0.1) is 23.7 Å². The number of hydrogen-bond acceptors (Lipinski definition) is 12. The highest BCUT2D eigenvalue weighted by atomic mass is 31.2. The molecule has 5 aliphatic heterocycles. The second-order valence-corrected chi connectivity index (χ2v) is 17.9. The van der Waals surface area contributed by atoms with Crippen molar-refractivity contribution in [2.24, 2.45) is 5.41 Å². The van der Waals surface area contributed by atoms with Crippen molar-refractivity contribution in [2.45, 2.75) is 39.2 Å². The molecule has 1 atom stereocenters. The summed E-state index contributed by atoms with van der Waals surface area (Å²) in [5.74, 6) is 0.301. The lowest BCUT2D eigenvalue weighted by Crippen LogP contribution is -2.46. The van der Waals surface area contributed by atoms with Crippen LogP contribution in [0, 0.1) is 5.41 Å². The van der Waals surface area contributed by atoms with E-state index in [0.717, 1.165) is 88.3 Å². The molecule has 3 aromatic rings. The fourth-order valence-electron chi connectivity index (χ4n) is 8.06. The van der Waals surface area contributed by atoms with E-state index < -0.39 is 13.2 Å². The minimum Gasteiger partial charge on any atom is -0.493 e. The van der Waals surface area contributed by atoms with E-state index in [1.54, 1.807) is 45.2 Å². The Balaban J connectivity index is 0.000000226. The van der Waals surface area contributed by atoms with Crippen molar-refractivity contribution in [2.75, 3.05) is 89.4 Å². The van der Waals surface area contributed by atoms with Gasteiger partial charge in [-0.15, -0.1) is 0 Å². The number of Topliss-reactive ketones (excluding diaryl/α,β-unsaturated/α-hetero) is 1.